The molecule has 2 atom stereocenters. The number of hydrogen-bond acceptors (Lipinski definition) is 8. The molecule has 25 heavy (non-hydrogen) atoms. The first kappa shape index (κ1) is 16.0. The van der Waals surface area contributed by atoms with Gasteiger partial charge < -0.3 is 14.3 Å². The van der Waals surface area contributed by atoms with Gasteiger partial charge >= 0.3 is 0 Å². The average Bonchev–Trinajstić information content (AvgIpc) is 3.16. The van der Waals surface area contributed by atoms with E-state index >= 15 is 0 Å². The van der Waals surface area contributed by atoms with E-state index in [0.29, 0.717) is 24.7 Å². The molecular weight excluding hydrogens is 346 g/mol. The molecular formula is C15H17N5O4S. The summed E-state index contributed by atoms with van der Waals surface area (Å²) in [5, 5.41) is 3.74. The largest absolute Gasteiger partial charge is 0.351 e. The van der Waals surface area contributed by atoms with Crippen LogP contribution in [0.1, 0.15) is 16.2 Å². The van der Waals surface area contributed by atoms with Crippen LogP contribution in [-0.4, -0.2) is 71.0 Å². The van der Waals surface area contributed by atoms with E-state index in [4.69, 9.17) is 4.52 Å². The molecule has 4 heterocycles. The lowest BCUT2D eigenvalue weighted by Gasteiger charge is -2.43. The molecule has 2 aromatic heterocycles. The molecule has 2 fully saturated rings. The van der Waals surface area contributed by atoms with Crippen molar-refractivity contribution in [1.82, 2.24) is 20.0 Å². The number of anilines is 1. The van der Waals surface area contributed by atoms with Crippen LogP contribution in [0, 0.1) is 6.92 Å². The predicted molar refractivity (Wildman–Crippen MR) is 87.9 cm³/mol. The molecule has 10 heteroatoms. The molecule has 0 aromatic carbocycles. The van der Waals surface area contributed by atoms with Gasteiger partial charge in [-0.25, -0.2) is 18.4 Å². The van der Waals surface area contributed by atoms with Gasteiger partial charge in [-0.05, 0) is 13.0 Å². The topological polar surface area (TPSA) is 110 Å². The second-order valence-corrected chi connectivity index (χ2v) is 8.44. The number of piperazine rings is 1. The van der Waals surface area contributed by atoms with Crippen LogP contribution >= 0.6 is 0 Å². The quantitative estimate of drug-likeness (QED) is 0.728. The van der Waals surface area contributed by atoms with Crippen LogP contribution in [0.5, 0.6) is 0 Å². The molecule has 2 aromatic rings. The van der Waals surface area contributed by atoms with Crippen molar-refractivity contribution in [3.63, 3.8) is 0 Å². The van der Waals surface area contributed by atoms with Crippen LogP contribution in [0.2, 0.25) is 0 Å². The first-order valence-corrected chi connectivity index (χ1v) is 9.75. The summed E-state index contributed by atoms with van der Waals surface area (Å²) in [7, 11) is -3.25. The van der Waals surface area contributed by atoms with Crippen LogP contribution in [0.4, 0.5) is 5.95 Å². The normalized spacial score (nSPS) is 25.0. The molecule has 0 N–H and O–H groups in total. The van der Waals surface area contributed by atoms with E-state index in [1.54, 1.807) is 36.4 Å². The van der Waals surface area contributed by atoms with Crippen molar-refractivity contribution in [2.24, 2.45) is 0 Å². The molecule has 2 aliphatic rings. The first-order chi connectivity index (χ1) is 11.9. The van der Waals surface area contributed by atoms with Crippen molar-refractivity contribution in [2.75, 3.05) is 29.5 Å². The highest BCUT2D eigenvalue weighted by Gasteiger charge is 2.49. The number of fused-ring (bicyclic) bond motifs is 1. The van der Waals surface area contributed by atoms with Crippen molar-refractivity contribution < 1.29 is 17.7 Å². The van der Waals surface area contributed by atoms with Gasteiger partial charge in [0.15, 0.2) is 9.84 Å². The minimum atomic E-state index is -3.25. The maximum absolute atomic E-state index is 12.8. The summed E-state index contributed by atoms with van der Waals surface area (Å²) in [5.74, 6) is 0.193. The Morgan fingerprint density at radius 2 is 1.92 bits per heavy atom. The van der Waals surface area contributed by atoms with E-state index in [1.165, 1.54) is 0 Å². The van der Waals surface area contributed by atoms with Crippen molar-refractivity contribution >= 4 is 21.7 Å². The third-order valence-corrected chi connectivity index (χ3v) is 6.28. The van der Waals surface area contributed by atoms with Gasteiger partial charge in [-0.3, -0.25) is 4.79 Å². The van der Waals surface area contributed by atoms with Gasteiger partial charge in [0.2, 0.25) is 11.7 Å². The number of hydrogen-bond donors (Lipinski definition) is 0. The van der Waals surface area contributed by atoms with E-state index in [0.717, 1.165) is 0 Å². The molecule has 0 bridgehead atoms. The van der Waals surface area contributed by atoms with E-state index in [-0.39, 0.29) is 29.2 Å². The molecule has 9 nitrogen and oxygen atoms in total. The molecule has 0 unspecified atom stereocenters. The molecule has 2 saturated heterocycles. The highest BCUT2D eigenvalue weighted by molar-refractivity contribution is 7.91. The fourth-order valence-electron chi connectivity index (χ4n) is 3.50. The van der Waals surface area contributed by atoms with Crippen LogP contribution < -0.4 is 4.90 Å². The first-order valence-electron chi connectivity index (χ1n) is 7.93. The molecule has 0 aliphatic carbocycles. The SMILES string of the molecule is Cc1cc(C(=O)N2CCN(c3ncccn3)[C@@H]3CS(=O)(=O)C[C@@H]32)on1. The average molecular weight is 363 g/mol. The molecule has 132 valence electrons. The van der Waals surface area contributed by atoms with Gasteiger partial charge in [-0.2, -0.15) is 0 Å². The standard InChI is InChI=1S/C15H17N5O4S/c1-10-7-13(24-18-10)14(21)19-5-6-20(15-16-3-2-4-17-15)12-9-25(22,23)8-11(12)19/h2-4,7,11-12H,5-6,8-9H2,1H3/t11-,12+/m0/s1. The number of rotatable bonds is 2. The summed E-state index contributed by atoms with van der Waals surface area (Å²) in [5.41, 5.74) is 0.607. The van der Waals surface area contributed by atoms with Crippen LogP contribution in [0.25, 0.3) is 0 Å². The maximum Gasteiger partial charge on any atom is 0.292 e. The number of aromatic nitrogens is 3. The summed E-state index contributed by atoms with van der Waals surface area (Å²) >= 11 is 0. The minimum absolute atomic E-state index is 0.0187. The Labute approximate surface area is 144 Å². The monoisotopic (exact) mass is 363 g/mol. The lowest BCUT2D eigenvalue weighted by atomic mass is 10.0. The van der Waals surface area contributed by atoms with E-state index in [9.17, 15) is 13.2 Å². The Morgan fingerprint density at radius 3 is 2.60 bits per heavy atom. The lowest BCUT2D eigenvalue weighted by Crippen LogP contribution is -2.61. The van der Waals surface area contributed by atoms with Gasteiger partial charge in [-0.15, -0.1) is 0 Å². The van der Waals surface area contributed by atoms with E-state index in [1.807, 2.05) is 4.90 Å². The Balaban J connectivity index is 1.66. The molecule has 0 radical (unpaired) electrons. The summed E-state index contributed by atoms with van der Waals surface area (Å²) in [6.07, 6.45) is 3.24. The summed E-state index contributed by atoms with van der Waals surface area (Å²) in [6.45, 7) is 2.56. The van der Waals surface area contributed by atoms with E-state index in [2.05, 4.69) is 15.1 Å². The minimum Gasteiger partial charge on any atom is -0.351 e. The molecule has 4 rings (SSSR count). The summed E-state index contributed by atoms with van der Waals surface area (Å²) in [6, 6.07) is 2.45. The number of nitrogens with zero attached hydrogens (tertiary/aromatic N) is 5. The Bertz CT molecular complexity index is 898. The summed E-state index contributed by atoms with van der Waals surface area (Å²) in [4.78, 5) is 24.7. The van der Waals surface area contributed by atoms with Crippen molar-refractivity contribution in [2.45, 2.75) is 19.0 Å². The highest BCUT2D eigenvalue weighted by atomic mass is 32.2. The van der Waals surface area contributed by atoms with Gasteiger partial charge in [0.25, 0.3) is 5.91 Å². The van der Waals surface area contributed by atoms with Crippen molar-refractivity contribution in [1.29, 1.82) is 0 Å². The zero-order chi connectivity index (χ0) is 17.6. The predicted octanol–water partition coefficient (Wildman–Crippen LogP) is -0.0990. The van der Waals surface area contributed by atoms with Crippen molar-refractivity contribution in [3.8, 4) is 0 Å². The second kappa shape index (κ2) is 5.80. The Morgan fingerprint density at radius 1 is 1.20 bits per heavy atom. The van der Waals surface area contributed by atoms with Gasteiger partial charge in [-0.1, -0.05) is 5.16 Å². The number of carbonyl (C=O) groups is 1. The fraction of sp³-hybridized carbons (Fsp3) is 0.467. The van der Waals surface area contributed by atoms with Gasteiger partial charge in [0.05, 0.1) is 29.3 Å². The van der Waals surface area contributed by atoms with Crippen molar-refractivity contribution in [3.05, 3.63) is 36.0 Å². The van der Waals surface area contributed by atoms with Crippen LogP contribution in [-0.2, 0) is 9.84 Å². The third kappa shape index (κ3) is 2.86. The maximum atomic E-state index is 12.8. The third-order valence-electron chi connectivity index (χ3n) is 4.58. The molecule has 1 amide bonds. The lowest BCUT2D eigenvalue weighted by molar-refractivity contribution is 0.0605. The smallest absolute Gasteiger partial charge is 0.292 e. The molecule has 0 spiro atoms. The van der Waals surface area contributed by atoms with E-state index < -0.39 is 15.9 Å². The molecule has 2 aliphatic heterocycles. The number of sulfone groups is 1. The Kier molecular flexibility index (Phi) is 3.71. The van der Waals surface area contributed by atoms with Crippen LogP contribution in [0.15, 0.2) is 29.0 Å². The summed E-state index contributed by atoms with van der Waals surface area (Å²) < 4.78 is 29.5. The Hall–Kier alpha value is -2.49. The molecule has 0 saturated carbocycles. The van der Waals surface area contributed by atoms with Gasteiger partial charge in [0, 0.05) is 31.5 Å². The zero-order valence-corrected chi connectivity index (χ0v) is 14.4. The number of carbonyl (C=O) groups excluding carboxylic acids is 1. The fourth-order valence-corrected chi connectivity index (χ4v) is 5.48. The van der Waals surface area contributed by atoms with Gasteiger partial charge in [0.1, 0.15) is 0 Å². The highest BCUT2D eigenvalue weighted by Crippen LogP contribution is 2.30. The number of aryl methyl sites for hydroxylation is 1. The zero-order valence-electron chi connectivity index (χ0n) is 13.6. The number of amides is 1. The van der Waals surface area contributed by atoms with Crippen LogP contribution in [0.3, 0.4) is 0 Å². The second-order valence-electron chi connectivity index (χ2n) is 6.28.